The van der Waals surface area contributed by atoms with Crippen LogP contribution in [0.1, 0.15) is 32.0 Å². The molecule has 0 aliphatic rings. The van der Waals surface area contributed by atoms with Crippen LogP contribution < -0.4 is 10.6 Å². The Kier molecular flexibility index (Phi) is 6.26. The van der Waals surface area contributed by atoms with Gasteiger partial charge >= 0.3 is 0 Å². The van der Waals surface area contributed by atoms with E-state index < -0.39 is 11.7 Å². The number of aromatic nitrogens is 2. The predicted molar refractivity (Wildman–Crippen MR) is 120 cm³/mol. The topological polar surface area (TPSA) is 76.0 Å². The quantitative estimate of drug-likeness (QED) is 0.453. The molecule has 0 spiro atoms. The molecule has 0 fully saturated rings. The Morgan fingerprint density at radius 3 is 2.24 bits per heavy atom. The summed E-state index contributed by atoms with van der Waals surface area (Å²) in [4.78, 5) is 25.0. The zero-order valence-electron chi connectivity index (χ0n) is 17.7. The molecule has 0 aliphatic heterocycles. The summed E-state index contributed by atoms with van der Waals surface area (Å²) >= 11 is 0. The lowest BCUT2D eigenvalue weighted by atomic mass is 10.1. The maximum Gasteiger partial charge on any atom is 0.259 e. The third-order valence-corrected chi connectivity index (χ3v) is 5.14. The van der Waals surface area contributed by atoms with E-state index >= 15 is 0 Å². The van der Waals surface area contributed by atoms with Crippen molar-refractivity contribution in [2.24, 2.45) is 0 Å². The maximum atomic E-state index is 14.1. The second-order valence-corrected chi connectivity index (χ2v) is 7.31. The molecule has 4 rings (SSSR count). The maximum absolute atomic E-state index is 14.1. The van der Waals surface area contributed by atoms with Crippen molar-refractivity contribution in [3.8, 4) is 5.69 Å². The van der Waals surface area contributed by atoms with Gasteiger partial charge in [0.1, 0.15) is 17.3 Å². The van der Waals surface area contributed by atoms with E-state index in [2.05, 4.69) is 15.7 Å². The molecule has 0 saturated carbocycles. The van der Waals surface area contributed by atoms with Crippen LogP contribution in [0.4, 0.5) is 14.5 Å². The second-order valence-electron chi connectivity index (χ2n) is 7.31. The minimum atomic E-state index is -0.445. The van der Waals surface area contributed by atoms with E-state index in [9.17, 15) is 18.4 Å². The highest BCUT2D eigenvalue weighted by molar-refractivity contribution is 6.05. The SMILES string of the molecule is Cc1c(C(=O)Nc2ccc(C(=O)NCc3ccccc3F)cc2)cnn1-c1ccccc1F. The van der Waals surface area contributed by atoms with Gasteiger partial charge in [0.15, 0.2) is 0 Å². The van der Waals surface area contributed by atoms with Crippen molar-refractivity contribution in [3.63, 3.8) is 0 Å². The van der Waals surface area contributed by atoms with E-state index in [-0.39, 0.29) is 24.0 Å². The lowest BCUT2D eigenvalue weighted by Gasteiger charge is -2.09. The lowest BCUT2D eigenvalue weighted by Crippen LogP contribution is -2.23. The minimum Gasteiger partial charge on any atom is -0.348 e. The molecule has 1 heterocycles. The first-order valence-electron chi connectivity index (χ1n) is 10.2. The van der Waals surface area contributed by atoms with Crippen LogP contribution >= 0.6 is 0 Å². The number of nitrogens with zero attached hydrogens (tertiary/aromatic N) is 2. The molecule has 8 heteroatoms. The molecule has 0 radical (unpaired) electrons. The lowest BCUT2D eigenvalue weighted by molar-refractivity contribution is 0.0950. The normalized spacial score (nSPS) is 10.6. The molecule has 0 atom stereocenters. The van der Waals surface area contributed by atoms with Crippen LogP contribution in [0.3, 0.4) is 0 Å². The van der Waals surface area contributed by atoms with Gasteiger partial charge in [-0.3, -0.25) is 9.59 Å². The monoisotopic (exact) mass is 446 g/mol. The molecule has 4 aromatic rings. The summed E-state index contributed by atoms with van der Waals surface area (Å²) in [7, 11) is 0. The van der Waals surface area contributed by atoms with E-state index in [1.54, 1.807) is 67.6 Å². The van der Waals surface area contributed by atoms with E-state index in [4.69, 9.17) is 0 Å². The summed E-state index contributed by atoms with van der Waals surface area (Å²) in [5.41, 5.74) is 2.27. The van der Waals surface area contributed by atoms with E-state index in [0.717, 1.165) is 0 Å². The number of carbonyl (C=O) groups is 2. The van der Waals surface area contributed by atoms with Gasteiger partial charge in [-0.05, 0) is 49.4 Å². The van der Waals surface area contributed by atoms with Gasteiger partial charge in [-0.1, -0.05) is 30.3 Å². The summed E-state index contributed by atoms with van der Waals surface area (Å²) in [5.74, 6) is -1.60. The molecular formula is C25H20F2N4O2. The van der Waals surface area contributed by atoms with Crippen LogP contribution in [0, 0.1) is 18.6 Å². The van der Waals surface area contributed by atoms with Gasteiger partial charge in [0.2, 0.25) is 0 Å². The minimum absolute atomic E-state index is 0.0648. The Morgan fingerprint density at radius 1 is 0.879 bits per heavy atom. The number of hydrogen-bond donors (Lipinski definition) is 2. The number of para-hydroxylation sites is 1. The number of benzene rings is 3. The average Bonchev–Trinajstić information content (AvgIpc) is 3.20. The second kappa shape index (κ2) is 9.44. The average molecular weight is 446 g/mol. The van der Waals surface area contributed by atoms with E-state index in [1.807, 2.05) is 0 Å². The van der Waals surface area contributed by atoms with E-state index in [0.29, 0.717) is 28.1 Å². The van der Waals surface area contributed by atoms with Gasteiger partial charge in [0.05, 0.1) is 17.5 Å². The third-order valence-electron chi connectivity index (χ3n) is 5.14. The van der Waals surface area contributed by atoms with Crippen molar-refractivity contribution >= 4 is 17.5 Å². The Labute approximate surface area is 188 Å². The summed E-state index contributed by atoms with van der Waals surface area (Å²) in [6.45, 7) is 1.74. The molecule has 33 heavy (non-hydrogen) atoms. The molecule has 1 aromatic heterocycles. The first-order chi connectivity index (χ1) is 15.9. The van der Waals surface area contributed by atoms with Gasteiger partial charge in [-0.2, -0.15) is 5.10 Å². The van der Waals surface area contributed by atoms with Crippen molar-refractivity contribution in [1.29, 1.82) is 0 Å². The summed E-state index contributed by atoms with van der Waals surface area (Å²) in [6, 6.07) is 18.7. The predicted octanol–water partition coefficient (Wildman–Crippen LogP) is 4.64. The van der Waals surface area contributed by atoms with Crippen LogP contribution in [-0.2, 0) is 6.54 Å². The van der Waals surface area contributed by atoms with Crippen LogP contribution in [-0.4, -0.2) is 21.6 Å². The first-order valence-corrected chi connectivity index (χ1v) is 10.2. The smallest absolute Gasteiger partial charge is 0.259 e. The fourth-order valence-corrected chi connectivity index (χ4v) is 3.32. The number of amides is 2. The van der Waals surface area contributed by atoms with Crippen LogP contribution in [0.25, 0.3) is 5.69 Å². The summed E-state index contributed by atoms with van der Waals surface area (Å²) in [6.07, 6.45) is 1.38. The molecular weight excluding hydrogens is 426 g/mol. The fraction of sp³-hybridized carbons (Fsp3) is 0.0800. The Morgan fingerprint density at radius 2 is 1.55 bits per heavy atom. The molecule has 0 aliphatic carbocycles. The van der Waals surface area contributed by atoms with Gasteiger partial charge in [-0.15, -0.1) is 0 Å². The highest BCUT2D eigenvalue weighted by Gasteiger charge is 2.17. The summed E-state index contributed by atoms with van der Waals surface area (Å²) < 4.78 is 29.1. The number of halogens is 2. The van der Waals surface area contributed by atoms with Crippen molar-refractivity contribution < 1.29 is 18.4 Å². The molecule has 2 amide bonds. The van der Waals surface area contributed by atoms with Crippen LogP contribution in [0.5, 0.6) is 0 Å². The molecule has 2 N–H and O–H groups in total. The highest BCUT2D eigenvalue weighted by Crippen LogP contribution is 2.19. The Balaban J connectivity index is 1.41. The zero-order valence-corrected chi connectivity index (χ0v) is 17.7. The Bertz CT molecular complexity index is 1320. The molecule has 0 saturated heterocycles. The van der Waals surface area contributed by atoms with Crippen LogP contribution in [0.15, 0.2) is 79.0 Å². The van der Waals surface area contributed by atoms with Gasteiger partial charge in [0, 0.05) is 23.4 Å². The van der Waals surface area contributed by atoms with Crippen molar-refractivity contribution in [2.75, 3.05) is 5.32 Å². The number of anilines is 1. The van der Waals surface area contributed by atoms with Gasteiger partial charge in [-0.25, -0.2) is 13.5 Å². The number of hydrogen-bond acceptors (Lipinski definition) is 3. The van der Waals surface area contributed by atoms with E-state index in [1.165, 1.54) is 23.0 Å². The molecule has 166 valence electrons. The van der Waals surface area contributed by atoms with Crippen molar-refractivity contribution in [3.05, 3.63) is 113 Å². The van der Waals surface area contributed by atoms with Gasteiger partial charge < -0.3 is 10.6 Å². The zero-order chi connectivity index (χ0) is 23.4. The number of carbonyl (C=O) groups excluding carboxylic acids is 2. The molecule has 0 bridgehead atoms. The number of rotatable bonds is 6. The highest BCUT2D eigenvalue weighted by atomic mass is 19.1. The summed E-state index contributed by atoms with van der Waals surface area (Å²) in [5, 5.41) is 9.54. The molecule has 6 nitrogen and oxygen atoms in total. The standard InChI is InChI=1S/C25H20F2N4O2/c1-16-20(15-29-31(16)23-9-5-4-8-22(23)27)25(33)30-19-12-10-17(11-13-19)24(32)28-14-18-6-2-3-7-21(18)26/h2-13,15H,14H2,1H3,(H,28,32)(H,30,33). The molecule has 3 aromatic carbocycles. The largest absolute Gasteiger partial charge is 0.348 e. The van der Waals surface area contributed by atoms with Crippen molar-refractivity contribution in [2.45, 2.75) is 13.5 Å². The fourth-order valence-electron chi connectivity index (χ4n) is 3.32. The first kappa shape index (κ1) is 21.9. The van der Waals surface area contributed by atoms with Crippen LogP contribution in [0.2, 0.25) is 0 Å². The molecule has 0 unspecified atom stereocenters. The third kappa shape index (κ3) is 4.79. The number of nitrogens with one attached hydrogen (secondary N) is 2. The van der Waals surface area contributed by atoms with Crippen molar-refractivity contribution in [1.82, 2.24) is 15.1 Å². The van der Waals surface area contributed by atoms with Gasteiger partial charge in [0.25, 0.3) is 11.8 Å². The Hall–Kier alpha value is -4.33.